The Kier molecular flexibility index (Phi) is 3.82. The number of hydrogen-bond donors (Lipinski definition) is 1. The Hall–Kier alpha value is -1.50. The highest BCUT2D eigenvalue weighted by Gasteiger charge is 2.39. The molecule has 7 heteroatoms. The second kappa shape index (κ2) is 5.12. The van der Waals surface area contributed by atoms with Crippen LogP contribution in [0.1, 0.15) is 43.1 Å². The van der Waals surface area contributed by atoms with E-state index in [1.807, 2.05) is 20.8 Å². The summed E-state index contributed by atoms with van der Waals surface area (Å²) in [6, 6.07) is 0. The summed E-state index contributed by atoms with van der Waals surface area (Å²) >= 11 is 1.11. The summed E-state index contributed by atoms with van der Waals surface area (Å²) in [7, 11) is 0. The van der Waals surface area contributed by atoms with Crippen molar-refractivity contribution in [3.63, 3.8) is 0 Å². The molecule has 2 rings (SSSR count). The molecule has 0 bridgehead atoms. The molecule has 110 valence electrons. The first-order valence-corrected chi connectivity index (χ1v) is 7.34. The minimum atomic E-state index is -0.808. The van der Waals surface area contributed by atoms with Crippen LogP contribution in [0.4, 0.5) is 0 Å². The largest absolute Gasteiger partial charge is 0.481 e. The molecule has 0 aliphatic carbocycles. The highest BCUT2D eigenvalue weighted by atomic mass is 32.1. The first-order valence-electron chi connectivity index (χ1n) is 6.56. The zero-order valence-corrected chi connectivity index (χ0v) is 12.9. The predicted molar refractivity (Wildman–Crippen MR) is 74.8 cm³/mol. The Morgan fingerprint density at radius 2 is 2.00 bits per heavy atom. The molecule has 1 fully saturated rings. The third kappa shape index (κ3) is 2.67. The smallest absolute Gasteiger partial charge is 0.306 e. The fourth-order valence-electron chi connectivity index (χ4n) is 2.16. The maximum atomic E-state index is 12.4. The Labute approximate surface area is 122 Å². The van der Waals surface area contributed by atoms with Gasteiger partial charge in [-0.15, -0.1) is 5.10 Å². The van der Waals surface area contributed by atoms with Gasteiger partial charge in [0.1, 0.15) is 4.88 Å². The number of aliphatic carboxylic acids is 1. The molecule has 0 spiro atoms. The summed E-state index contributed by atoms with van der Waals surface area (Å²) in [5.41, 5.74) is 0.485. The molecule has 1 aliphatic heterocycles. The molecule has 1 unspecified atom stereocenters. The van der Waals surface area contributed by atoms with Crippen molar-refractivity contribution in [1.82, 2.24) is 14.5 Å². The molecule has 6 nitrogen and oxygen atoms in total. The average Bonchev–Trinajstić information content (AvgIpc) is 2.74. The fraction of sp³-hybridized carbons (Fsp3) is 0.692. The van der Waals surface area contributed by atoms with E-state index in [0.29, 0.717) is 23.7 Å². The minimum absolute atomic E-state index is 0.0374. The van der Waals surface area contributed by atoms with E-state index < -0.39 is 11.9 Å². The van der Waals surface area contributed by atoms with Gasteiger partial charge in [-0.25, -0.2) is 0 Å². The van der Waals surface area contributed by atoms with Crippen LogP contribution in [0.25, 0.3) is 0 Å². The normalized spacial score (nSPS) is 17.7. The van der Waals surface area contributed by atoms with Gasteiger partial charge in [0.2, 0.25) is 0 Å². The molecule has 1 N–H and O–H groups in total. The summed E-state index contributed by atoms with van der Waals surface area (Å²) in [6.45, 7) is 8.65. The quantitative estimate of drug-likeness (QED) is 0.916. The van der Waals surface area contributed by atoms with Gasteiger partial charge in [0, 0.05) is 24.4 Å². The van der Waals surface area contributed by atoms with Crippen molar-refractivity contribution in [2.24, 2.45) is 11.8 Å². The maximum Gasteiger partial charge on any atom is 0.306 e. The molecule has 1 aromatic rings. The number of aromatic nitrogens is 2. The number of nitrogens with zero attached hydrogens (tertiary/aromatic N) is 3. The average molecular weight is 297 g/mol. The third-order valence-electron chi connectivity index (χ3n) is 3.69. The van der Waals surface area contributed by atoms with Crippen molar-refractivity contribution in [3.8, 4) is 0 Å². The van der Waals surface area contributed by atoms with Crippen LogP contribution in [0.3, 0.4) is 0 Å². The summed E-state index contributed by atoms with van der Waals surface area (Å²) < 4.78 is 3.88. The van der Waals surface area contributed by atoms with E-state index in [4.69, 9.17) is 5.11 Å². The zero-order valence-electron chi connectivity index (χ0n) is 12.1. The first-order chi connectivity index (χ1) is 9.21. The van der Waals surface area contributed by atoms with E-state index in [1.54, 1.807) is 11.8 Å². The Morgan fingerprint density at radius 3 is 2.50 bits per heavy atom. The van der Waals surface area contributed by atoms with E-state index in [1.165, 1.54) is 0 Å². The lowest BCUT2D eigenvalue weighted by Crippen LogP contribution is -2.53. The molecule has 0 aromatic carbocycles. The zero-order chi connectivity index (χ0) is 15.1. The van der Waals surface area contributed by atoms with E-state index in [-0.39, 0.29) is 17.2 Å². The molecule has 1 aliphatic rings. The van der Waals surface area contributed by atoms with Crippen molar-refractivity contribution in [3.05, 3.63) is 10.6 Å². The number of carboxylic acid groups (broad SMARTS) is 1. The predicted octanol–water partition coefficient (Wildman–Crippen LogP) is 1.63. The van der Waals surface area contributed by atoms with Gasteiger partial charge in [0.15, 0.2) is 0 Å². The van der Waals surface area contributed by atoms with Gasteiger partial charge in [-0.3, -0.25) is 9.59 Å². The van der Waals surface area contributed by atoms with Crippen molar-refractivity contribution in [1.29, 1.82) is 0 Å². The highest BCUT2D eigenvalue weighted by molar-refractivity contribution is 7.08. The van der Waals surface area contributed by atoms with Gasteiger partial charge in [0.25, 0.3) is 5.91 Å². The monoisotopic (exact) mass is 297 g/mol. The van der Waals surface area contributed by atoms with Gasteiger partial charge in [0.05, 0.1) is 11.6 Å². The van der Waals surface area contributed by atoms with Crippen LogP contribution in [0.5, 0.6) is 0 Å². The molecule has 0 saturated carbocycles. The third-order valence-corrected chi connectivity index (χ3v) is 4.40. The van der Waals surface area contributed by atoms with Crippen LogP contribution in [0.2, 0.25) is 0 Å². The maximum absolute atomic E-state index is 12.4. The van der Waals surface area contributed by atoms with E-state index in [0.717, 1.165) is 11.5 Å². The van der Waals surface area contributed by atoms with E-state index in [9.17, 15) is 9.59 Å². The van der Waals surface area contributed by atoms with Crippen LogP contribution >= 0.6 is 11.5 Å². The lowest BCUT2D eigenvalue weighted by Gasteiger charge is -2.41. The second-order valence-electron chi connectivity index (χ2n) is 6.30. The minimum Gasteiger partial charge on any atom is -0.481 e. The highest BCUT2D eigenvalue weighted by Crippen LogP contribution is 2.30. The van der Waals surface area contributed by atoms with E-state index >= 15 is 0 Å². The number of rotatable bonds is 3. The Morgan fingerprint density at radius 1 is 1.40 bits per heavy atom. The van der Waals surface area contributed by atoms with E-state index in [2.05, 4.69) is 9.59 Å². The van der Waals surface area contributed by atoms with Crippen molar-refractivity contribution < 1.29 is 14.7 Å². The summed E-state index contributed by atoms with van der Waals surface area (Å²) in [5.74, 6) is -1.27. The number of carbonyl (C=O) groups is 2. The number of carboxylic acids is 1. The molecule has 2 heterocycles. The number of amides is 1. The number of hydrogen-bond acceptors (Lipinski definition) is 5. The molecule has 1 amide bonds. The molecule has 1 saturated heterocycles. The lowest BCUT2D eigenvalue weighted by molar-refractivity contribution is -0.144. The standard InChI is InChI=1S/C13H19N3O3S/c1-7(12(18)19)8-5-16(6-8)11(17)9-10(13(2,3)4)14-15-20-9/h7-8H,5-6H2,1-4H3,(H,18,19). The molecule has 0 radical (unpaired) electrons. The summed E-state index contributed by atoms with van der Waals surface area (Å²) in [4.78, 5) is 25.5. The lowest BCUT2D eigenvalue weighted by atomic mass is 9.86. The Balaban J connectivity index is 2.05. The number of likely N-dealkylation sites (tertiary alicyclic amines) is 1. The van der Waals surface area contributed by atoms with Crippen LogP contribution in [-0.4, -0.2) is 44.6 Å². The van der Waals surface area contributed by atoms with Crippen LogP contribution in [0.15, 0.2) is 0 Å². The molecule has 1 aromatic heterocycles. The van der Waals surface area contributed by atoms with Gasteiger partial charge in [-0.1, -0.05) is 32.2 Å². The SMILES string of the molecule is CC(C(=O)O)C1CN(C(=O)c2snnc2C(C)(C)C)C1. The fourth-order valence-corrected chi connectivity index (χ4v) is 3.01. The number of carbonyl (C=O) groups excluding carboxylic acids is 1. The van der Waals surface area contributed by atoms with Crippen molar-refractivity contribution >= 4 is 23.4 Å². The van der Waals surface area contributed by atoms with Crippen molar-refractivity contribution in [2.45, 2.75) is 33.1 Å². The molecule has 20 heavy (non-hydrogen) atoms. The van der Waals surface area contributed by atoms with Crippen LogP contribution in [0, 0.1) is 11.8 Å². The molecular formula is C13H19N3O3S. The Bertz CT molecular complexity index is 529. The molecule has 1 atom stereocenters. The topological polar surface area (TPSA) is 83.4 Å². The molecular weight excluding hydrogens is 278 g/mol. The van der Waals surface area contributed by atoms with Crippen molar-refractivity contribution in [2.75, 3.05) is 13.1 Å². The second-order valence-corrected chi connectivity index (χ2v) is 7.05. The van der Waals surface area contributed by atoms with Gasteiger partial charge in [-0.2, -0.15) is 0 Å². The van der Waals surface area contributed by atoms with Gasteiger partial charge in [-0.05, 0) is 11.5 Å². The van der Waals surface area contributed by atoms with Gasteiger partial charge < -0.3 is 10.0 Å². The van der Waals surface area contributed by atoms with Crippen LogP contribution in [-0.2, 0) is 10.2 Å². The van der Waals surface area contributed by atoms with Crippen LogP contribution < -0.4 is 0 Å². The summed E-state index contributed by atoms with van der Waals surface area (Å²) in [5, 5.41) is 13.0. The summed E-state index contributed by atoms with van der Waals surface area (Å²) in [6.07, 6.45) is 0. The van der Waals surface area contributed by atoms with Gasteiger partial charge >= 0.3 is 5.97 Å². The first kappa shape index (κ1) is 14.9.